The zero-order valence-corrected chi connectivity index (χ0v) is 16.6. The highest BCUT2D eigenvalue weighted by Gasteiger charge is 2.26. The van der Waals surface area contributed by atoms with Gasteiger partial charge in [-0.3, -0.25) is 19.5 Å². The SMILES string of the molecule is CCn1c(S[C@@H](C)C(=O)NC(N)=O)nc2sc3c(c2c1=O)CC[C@@H](C)C3. The van der Waals surface area contributed by atoms with Crippen molar-refractivity contribution in [3.63, 3.8) is 0 Å². The second-order valence-electron chi connectivity index (χ2n) is 6.59. The normalized spacial score (nSPS) is 17.7. The topological polar surface area (TPSA) is 107 Å². The van der Waals surface area contributed by atoms with Gasteiger partial charge in [-0.2, -0.15) is 0 Å². The first-order chi connectivity index (χ1) is 12.3. The van der Waals surface area contributed by atoms with Crippen molar-refractivity contribution < 1.29 is 9.59 Å². The molecule has 1 aliphatic rings. The molecule has 3 rings (SSSR count). The van der Waals surface area contributed by atoms with Crippen molar-refractivity contribution in [3.05, 3.63) is 20.8 Å². The third-order valence-corrected chi connectivity index (χ3v) is 6.83. The van der Waals surface area contributed by atoms with Gasteiger partial charge in [0.05, 0.1) is 10.6 Å². The number of aromatic nitrogens is 2. The molecule has 7 nitrogen and oxygen atoms in total. The fourth-order valence-corrected chi connectivity index (χ4v) is 5.60. The maximum absolute atomic E-state index is 13.1. The number of hydrogen-bond acceptors (Lipinski definition) is 6. The van der Waals surface area contributed by atoms with Gasteiger partial charge in [0.15, 0.2) is 5.16 Å². The summed E-state index contributed by atoms with van der Waals surface area (Å²) in [6.45, 7) is 6.23. The molecule has 0 bridgehead atoms. The molecule has 0 aliphatic heterocycles. The van der Waals surface area contributed by atoms with Crippen LogP contribution in [0, 0.1) is 5.92 Å². The Hall–Kier alpha value is -1.87. The Kier molecular flexibility index (Phi) is 5.38. The molecule has 3 N–H and O–H groups in total. The molecular formula is C17H22N4O3S2. The van der Waals surface area contributed by atoms with Crippen molar-refractivity contribution in [3.8, 4) is 0 Å². The van der Waals surface area contributed by atoms with Crippen LogP contribution in [0.5, 0.6) is 0 Å². The maximum Gasteiger partial charge on any atom is 0.318 e. The van der Waals surface area contributed by atoms with Crippen molar-refractivity contribution >= 4 is 45.3 Å². The Labute approximate surface area is 159 Å². The first-order valence-electron chi connectivity index (χ1n) is 8.63. The van der Waals surface area contributed by atoms with Gasteiger partial charge in [0, 0.05) is 11.4 Å². The lowest BCUT2D eigenvalue weighted by atomic mass is 9.89. The lowest BCUT2D eigenvalue weighted by molar-refractivity contribution is -0.119. The number of imide groups is 1. The van der Waals surface area contributed by atoms with Gasteiger partial charge in [-0.25, -0.2) is 9.78 Å². The summed E-state index contributed by atoms with van der Waals surface area (Å²) in [5.41, 5.74) is 6.10. The molecular weight excluding hydrogens is 372 g/mol. The predicted octanol–water partition coefficient (Wildman–Crippen LogP) is 2.28. The van der Waals surface area contributed by atoms with Gasteiger partial charge in [0.1, 0.15) is 4.83 Å². The van der Waals surface area contributed by atoms with Gasteiger partial charge in [-0.1, -0.05) is 18.7 Å². The number of fused-ring (bicyclic) bond motifs is 3. The number of nitrogens with two attached hydrogens (primary N) is 1. The van der Waals surface area contributed by atoms with Gasteiger partial charge in [-0.15, -0.1) is 11.3 Å². The van der Waals surface area contributed by atoms with Gasteiger partial charge in [0.2, 0.25) is 5.91 Å². The summed E-state index contributed by atoms with van der Waals surface area (Å²) < 4.78 is 1.60. The van der Waals surface area contributed by atoms with Crippen molar-refractivity contribution in [2.75, 3.05) is 0 Å². The number of rotatable bonds is 4. The standard InChI is InChI=1S/C17H22N4O3S2/c1-4-21-15(23)12-10-6-5-8(2)7-11(10)26-14(12)20-17(21)25-9(3)13(22)19-16(18)24/h8-9H,4-7H2,1-3H3,(H3,18,19,22,24)/t8-,9+/m1/s1. The summed E-state index contributed by atoms with van der Waals surface area (Å²) >= 11 is 2.74. The molecule has 2 aromatic rings. The number of hydrogen-bond donors (Lipinski definition) is 2. The van der Waals surface area contributed by atoms with Gasteiger partial charge < -0.3 is 5.73 Å². The quantitative estimate of drug-likeness (QED) is 0.611. The zero-order chi connectivity index (χ0) is 19.0. The Balaban J connectivity index is 2.02. The number of thioether (sulfide) groups is 1. The van der Waals surface area contributed by atoms with Crippen LogP contribution in [0.2, 0.25) is 0 Å². The number of nitrogens with zero attached hydrogens (tertiary/aromatic N) is 2. The molecule has 0 aromatic carbocycles. The van der Waals surface area contributed by atoms with Crippen LogP contribution in [-0.4, -0.2) is 26.7 Å². The Morgan fingerprint density at radius 3 is 2.88 bits per heavy atom. The van der Waals surface area contributed by atoms with Crippen LogP contribution in [0.15, 0.2) is 9.95 Å². The van der Waals surface area contributed by atoms with Gasteiger partial charge in [-0.05, 0) is 44.6 Å². The van der Waals surface area contributed by atoms with Crippen LogP contribution in [0.3, 0.4) is 0 Å². The molecule has 0 saturated carbocycles. The average Bonchev–Trinajstić information content (AvgIpc) is 2.91. The first-order valence-corrected chi connectivity index (χ1v) is 10.3. The highest BCUT2D eigenvalue weighted by atomic mass is 32.2. The number of primary amides is 1. The molecule has 9 heteroatoms. The predicted molar refractivity (Wildman–Crippen MR) is 104 cm³/mol. The van der Waals surface area contributed by atoms with Crippen molar-refractivity contribution in [2.24, 2.45) is 11.7 Å². The third kappa shape index (κ3) is 3.50. The molecule has 2 heterocycles. The van der Waals surface area contributed by atoms with Gasteiger partial charge in [0.25, 0.3) is 5.56 Å². The molecule has 2 atom stereocenters. The van der Waals surface area contributed by atoms with E-state index in [1.807, 2.05) is 6.92 Å². The monoisotopic (exact) mass is 394 g/mol. The molecule has 2 aromatic heterocycles. The second-order valence-corrected chi connectivity index (χ2v) is 8.98. The van der Waals surface area contributed by atoms with E-state index < -0.39 is 17.2 Å². The van der Waals surface area contributed by atoms with E-state index in [4.69, 9.17) is 5.73 Å². The van der Waals surface area contributed by atoms with E-state index in [9.17, 15) is 14.4 Å². The lowest BCUT2D eigenvalue weighted by Crippen LogP contribution is -2.39. The Morgan fingerprint density at radius 1 is 1.50 bits per heavy atom. The van der Waals surface area contributed by atoms with Crippen molar-refractivity contribution in [1.29, 1.82) is 0 Å². The molecule has 0 unspecified atom stereocenters. The highest BCUT2D eigenvalue weighted by Crippen LogP contribution is 2.36. The summed E-state index contributed by atoms with van der Waals surface area (Å²) in [4.78, 5) is 42.6. The van der Waals surface area contributed by atoms with E-state index in [2.05, 4.69) is 17.2 Å². The number of aryl methyl sites for hydroxylation is 1. The summed E-state index contributed by atoms with van der Waals surface area (Å²) in [5.74, 6) is 0.120. The number of amides is 3. The molecule has 1 aliphatic carbocycles. The van der Waals surface area contributed by atoms with Crippen LogP contribution in [0.1, 0.15) is 37.6 Å². The van der Waals surface area contributed by atoms with Crippen LogP contribution in [0.25, 0.3) is 10.2 Å². The number of carbonyl (C=O) groups excluding carboxylic acids is 2. The van der Waals surface area contributed by atoms with Crippen LogP contribution < -0.4 is 16.6 Å². The van der Waals surface area contributed by atoms with E-state index in [1.165, 1.54) is 4.88 Å². The van der Waals surface area contributed by atoms with Crippen LogP contribution >= 0.6 is 23.1 Å². The largest absolute Gasteiger partial charge is 0.351 e. The minimum atomic E-state index is -0.890. The van der Waals surface area contributed by atoms with Crippen molar-refractivity contribution in [1.82, 2.24) is 14.9 Å². The number of nitrogens with one attached hydrogen (secondary N) is 1. The first kappa shape index (κ1) is 18.9. The molecule has 0 spiro atoms. The fraction of sp³-hybridized carbons (Fsp3) is 0.529. The molecule has 0 saturated heterocycles. The molecule has 0 radical (unpaired) electrons. The number of urea groups is 1. The second kappa shape index (κ2) is 7.40. The highest BCUT2D eigenvalue weighted by molar-refractivity contribution is 8.00. The molecule has 140 valence electrons. The Bertz CT molecular complexity index is 934. The summed E-state index contributed by atoms with van der Waals surface area (Å²) in [6, 6.07) is -0.890. The van der Waals surface area contributed by atoms with E-state index in [0.29, 0.717) is 17.6 Å². The lowest BCUT2D eigenvalue weighted by Gasteiger charge is -2.17. The maximum atomic E-state index is 13.1. The summed E-state index contributed by atoms with van der Waals surface area (Å²) in [5, 5.41) is 2.69. The fourth-order valence-electron chi connectivity index (χ4n) is 3.21. The number of thiophene rings is 1. The van der Waals surface area contributed by atoms with Gasteiger partial charge >= 0.3 is 6.03 Å². The molecule has 0 fully saturated rings. The van der Waals surface area contributed by atoms with Crippen LogP contribution in [-0.2, 0) is 24.2 Å². The zero-order valence-electron chi connectivity index (χ0n) is 15.0. The van der Waals surface area contributed by atoms with E-state index in [1.54, 1.807) is 22.8 Å². The number of carbonyl (C=O) groups is 2. The van der Waals surface area contributed by atoms with E-state index in [0.717, 1.165) is 46.8 Å². The third-order valence-electron chi connectivity index (χ3n) is 4.59. The van der Waals surface area contributed by atoms with Crippen molar-refractivity contribution in [2.45, 2.75) is 57.0 Å². The average molecular weight is 395 g/mol. The Morgan fingerprint density at radius 2 is 2.23 bits per heavy atom. The van der Waals surface area contributed by atoms with Crippen LogP contribution in [0.4, 0.5) is 4.79 Å². The minimum absolute atomic E-state index is 0.0467. The molecule has 26 heavy (non-hydrogen) atoms. The van der Waals surface area contributed by atoms with E-state index >= 15 is 0 Å². The smallest absolute Gasteiger partial charge is 0.318 e. The summed E-state index contributed by atoms with van der Waals surface area (Å²) in [6.07, 6.45) is 2.99. The van der Waals surface area contributed by atoms with E-state index in [-0.39, 0.29) is 5.56 Å². The minimum Gasteiger partial charge on any atom is -0.351 e. The molecule has 3 amide bonds. The summed E-state index contributed by atoms with van der Waals surface area (Å²) in [7, 11) is 0.